The van der Waals surface area contributed by atoms with E-state index in [1.54, 1.807) is 13.1 Å². The zero-order valence-corrected chi connectivity index (χ0v) is 18.3. The summed E-state index contributed by atoms with van der Waals surface area (Å²) in [7, 11) is 1.67. The van der Waals surface area contributed by atoms with E-state index in [2.05, 4.69) is 16.7 Å². The van der Waals surface area contributed by atoms with Crippen molar-refractivity contribution in [2.75, 3.05) is 19.7 Å². The van der Waals surface area contributed by atoms with Crippen LogP contribution in [0.3, 0.4) is 0 Å². The third kappa shape index (κ3) is 5.31. The molecule has 33 heavy (non-hydrogen) atoms. The molecule has 1 amide bonds. The number of hydrogen-bond donors (Lipinski definition) is 3. The van der Waals surface area contributed by atoms with E-state index < -0.39 is 24.0 Å². The van der Waals surface area contributed by atoms with Crippen molar-refractivity contribution >= 4 is 17.0 Å². The lowest BCUT2D eigenvalue weighted by Crippen LogP contribution is -2.49. The van der Waals surface area contributed by atoms with Crippen LogP contribution in [0, 0.1) is 11.3 Å². The molecule has 1 aliphatic rings. The lowest BCUT2D eigenvalue weighted by molar-refractivity contribution is -0.134. The Hall–Kier alpha value is -3.45. The van der Waals surface area contributed by atoms with Gasteiger partial charge in [-0.25, -0.2) is 4.79 Å². The van der Waals surface area contributed by atoms with E-state index in [4.69, 9.17) is 9.15 Å². The molecule has 3 N–H and O–H groups in total. The number of nitriles is 1. The van der Waals surface area contributed by atoms with E-state index in [1.165, 1.54) is 4.57 Å². The van der Waals surface area contributed by atoms with Crippen molar-refractivity contribution in [1.82, 2.24) is 15.2 Å². The van der Waals surface area contributed by atoms with Crippen LogP contribution >= 0.6 is 0 Å². The predicted molar refractivity (Wildman–Crippen MR) is 121 cm³/mol. The van der Waals surface area contributed by atoms with Gasteiger partial charge in [-0.2, -0.15) is 5.26 Å². The lowest BCUT2D eigenvalue weighted by Gasteiger charge is -2.24. The Morgan fingerprint density at radius 3 is 2.79 bits per heavy atom. The van der Waals surface area contributed by atoms with Crippen LogP contribution in [0.15, 0.2) is 51.7 Å². The van der Waals surface area contributed by atoms with Crippen molar-refractivity contribution in [3.63, 3.8) is 0 Å². The number of aryl methyl sites for hydroxylation is 1. The van der Waals surface area contributed by atoms with Gasteiger partial charge in [0, 0.05) is 26.6 Å². The number of amides is 1. The first-order valence-corrected chi connectivity index (χ1v) is 10.8. The summed E-state index contributed by atoms with van der Waals surface area (Å²) in [6.45, 7) is 0.978. The van der Waals surface area contributed by atoms with Gasteiger partial charge < -0.3 is 24.9 Å². The number of nitrogens with one attached hydrogen (secondary N) is 2. The van der Waals surface area contributed by atoms with Crippen LogP contribution in [0.4, 0.5) is 0 Å². The average molecular weight is 450 g/mol. The van der Waals surface area contributed by atoms with E-state index >= 15 is 0 Å². The molecule has 172 valence electrons. The Morgan fingerprint density at radius 2 is 2.03 bits per heavy atom. The summed E-state index contributed by atoms with van der Waals surface area (Å²) in [6, 6.07) is 14.7. The van der Waals surface area contributed by atoms with Crippen molar-refractivity contribution in [1.29, 1.82) is 5.26 Å². The lowest BCUT2D eigenvalue weighted by atomic mass is 10.0. The highest BCUT2D eigenvalue weighted by Crippen LogP contribution is 2.24. The fraction of sp³-hybridized carbons (Fsp3) is 0.375. The van der Waals surface area contributed by atoms with Crippen molar-refractivity contribution in [2.24, 2.45) is 7.05 Å². The van der Waals surface area contributed by atoms with Gasteiger partial charge in [-0.05, 0) is 35.2 Å². The third-order valence-electron chi connectivity index (χ3n) is 5.76. The predicted octanol–water partition coefficient (Wildman–Crippen LogP) is 1.09. The zero-order valence-electron chi connectivity index (χ0n) is 18.3. The van der Waals surface area contributed by atoms with E-state index in [0.29, 0.717) is 37.1 Å². The maximum Gasteiger partial charge on any atom is 0.419 e. The molecule has 0 aliphatic carbocycles. The molecule has 9 heteroatoms. The largest absolute Gasteiger partial charge is 0.419 e. The topological polar surface area (TPSA) is 130 Å². The minimum atomic E-state index is -0.704. The number of aromatic nitrogens is 1. The molecule has 9 nitrogen and oxygen atoms in total. The third-order valence-corrected chi connectivity index (χ3v) is 5.76. The van der Waals surface area contributed by atoms with Crippen molar-refractivity contribution < 1.29 is 19.1 Å². The number of carbonyl (C=O) groups is 1. The van der Waals surface area contributed by atoms with Crippen LogP contribution in [-0.4, -0.2) is 53.5 Å². The van der Waals surface area contributed by atoms with Gasteiger partial charge >= 0.3 is 5.76 Å². The molecular formula is C24H26N4O5. The number of β-amino-alcohol motifs (C(OH)–C–C–N with tert-alkyl or cyclic N) is 1. The molecule has 2 heterocycles. The van der Waals surface area contributed by atoms with E-state index in [9.17, 15) is 20.0 Å². The fourth-order valence-corrected chi connectivity index (χ4v) is 3.83. The van der Waals surface area contributed by atoms with Crippen LogP contribution in [0.2, 0.25) is 0 Å². The van der Waals surface area contributed by atoms with Gasteiger partial charge in [-0.1, -0.05) is 30.3 Å². The van der Waals surface area contributed by atoms with E-state index in [0.717, 1.165) is 16.7 Å². The summed E-state index contributed by atoms with van der Waals surface area (Å²) < 4.78 is 12.2. The van der Waals surface area contributed by atoms with E-state index in [-0.39, 0.29) is 12.5 Å². The number of rotatable bonds is 5. The first-order chi connectivity index (χ1) is 15.9. The highest BCUT2D eigenvalue weighted by Gasteiger charge is 2.24. The number of aliphatic hydroxyl groups excluding tert-OH is 1. The summed E-state index contributed by atoms with van der Waals surface area (Å²) >= 11 is 0. The highest BCUT2D eigenvalue weighted by molar-refractivity contribution is 5.82. The van der Waals surface area contributed by atoms with Crippen molar-refractivity contribution in [2.45, 2.75) is 31.1 Å². The number of ether oxygens (including phenoxy) is 1. The second-order valence-electron chi connectivity index (χ2n) is 8.16. The molecule has 3 atom stereocenters. The van der Waals surface area contributed by atoms with Crippen LogP contribution in [-0.2, 0) is 23.0 Å². The molecule has 3 aromatic rings. The highest BCUT2D eigenvalue weighted by atomic mass is 16.5. The minimum Gasteiger partial charge on any atom is -0.408 e. The zero-order chi connectivity index (χ0) is 23.4. The fourth-order valence-electron chi connectivity index (χ4n) is 3.83. The van der Waals surface area contributed by atoms with Gasteiger partial charge in [0.1, 0.15) is 12.1 Å². The molecule has 2 aromatic carbocycles. The molecule has 1 saturated heterocycles. The second kappa shape index (κ2) is 10.0. The Morgan fingerprint density at radius 1 is 1.27 bits per heavy atom. The maximum atomic E-state index is 12.6. The molecule has 4 rings (SSSR count). The summed E-state index contributed by atoms with van der Waals surface area (Å²) in [5, 5.41) is 24.9. The van der Waals surface area contributed by atoms with Crippen LogP contribution in [0.25, 0.3) is 22.2 Å². The molecule has 0 bridgehead atoms. The minimum absolute atomic E-state index is 0.280. The standard InChI is InChI=1S/C24H26N4O5/c1-28-20-11-17(6-7-21(20)33-24(28)31)16-4-2-15(3-5-16)10-18(12-25)27-23(30)22-14-26-13-19(29)8-9-32-22/h2-7,11,18-19,22,26,29H,8-10,13-14H2,1H3,(H,27,30)/t18-,19?,22?/m0/s1. The number of carbonyl (C=O) groups excluding carboxylic acids is 1. The van der Waals surface area contributed by atoms with E-state index in [1.807, 2.05) is 36.4 Å². The van der Waals surface area contributed by atoms with Gasteiger partial charge in [-0.15, -0.1) is 0 Å². The molecule has 1 aromatic heterocycles. The number of benzene rings is 2. The quantitative estimate of drug-likeness (QED) is 0.531. The number of nitrogens with zero attached hydrogens (tertiary/aromatic N) is 2. The Kier molecular flexibility index (Phi) is 6.89. The number of oxazole rings is 1. The van der Waals surface area contributed by atoms with Gasteiger partial charge in [-0.3, -0.25) is 9.36 Å². The molecule has 0 saturated carbocycles. The molecule has 0 spiro atoms. The van der Waals surface area contributed by atoms with Gasteiger partial charge in [0.15, 0.2) is 5.58 Å². The summed E-state index contributed by atoms with van der Waals surface area (Å²) in [5.74, 6) is -0.749. The molecule has 2 unspecified atom stereocenters. The SMILES string of the molecule is Cn1c(=O)oc2ccc(-c3ccc(C[C@@H](C#N)NC(=O)C4CNCC(O)CCO4)cc3)cc21. The van der Waals surface area contributed by atoms with Gasteiger partial charge in [0.05, 0.1) is 24.3 Å². The first kappa shape index (κ1) is 22.7. The molecule has 1 aliphatic heterocycles. The first-order valence-electron chi connectivity index (χ1n) is 10.8. The van der Waals surface area contributed by atoms with Crippen LogP contribution in [0.5, 0.6) is 0 Å². The normalized spacial score (nSPS) is 19.9. The summed E-state index contributed by atoms with van der Waals surface area (Å²) in [5.41, 5.74) is 4.06. The number of fused-ring (bicyclic) bond motifs is 1. The number of hydrogen-bond acceptors (Lipinski definition) is 7. The monoisotopic (exact) mass is 450 g/mol. The van der Waals surface area contributed by atoms with Crippen LogP contribution < -0.4 is 16.4 Å². The molecule has 0 radical (unpaired) electrons. The summed E-state index contributed by atoms with van der Waals surface area (Å²) in [4.78, 5) is 24.3. The molecule has 1 fully saturated rings. The maximum absolute atomic E-state index is 12.6. The van der Waals surface area contributed by atoms with Gasteiger partial charge in [0.2, 0.25) is 0 Å². The Balaban J connectivity index is 1.40. The Labute approximate surface area is 190 Å². The van der Waals surface area contributed by atoms with Crippen molar-refractivity contribution in [3.05, 3.63) is 58.6 Å². The van der Waals surface area contributed by atoms with Crippen molar-refractivity contribution in [3.8, 4) is 17.2 Å². The molecular weight excluding hydrogens is 424 g/mol. The number of aliphatic hydroxyl groups is 1. The summed E-state index contributed by atoms with van der Waals surface area (Å²) in [6.07, 6.45) is -0.382. The van der Waals surface area contributed by atoms with Gasteiger partial charge in [0.25, 0.3) is 5.91 Å². The van der Waals surface area contributed by atoms with Crippen LogP contribution in [0.1, 0.15) is 12.0 Å². The average Bonchev–Trinajstić information content (AvgIpc) is 3.09. The Bertz CT molecular complexity index is 1210. The second-order valence-corrected chi connectivity index (χ2v) is 8.16. The smallest absolute Gasteiger partial charge is 0.408 e.